The Balaban J connectivity index is 2.52. The summed E-state index contributed by atoms with van der Waals surface area (Å²) in [6.07, 6.45) is 3.08. The Hall–Kier alpha value is -0.570. The van der Waals surface area contributed by atoms with Gasteiger partial charge < -0.3 is 10.6 Å². The van der Waals surface area contributed by atoms with Gasteiger partial charge in [-0.3, -0.25) is 4.79 Å². The molecule has 3 nitrogen and oxygen atoms in total. The monoisotopic (exact) mass is 212 g/mol. The van der Waals surface area contributed by atoms with Crippen LogP contribution in [0.25, 0.3) is 0 Å². The highest BCUT2D eigenvalue weighted by Gasteiger charge is 2.37. The second kappa shape index (κ2) is 5.50. The van der Waals surface area contributed by atoms with Crippen molar-refractivity contribution >= 4 is 5.91 Å². The van der Waals surface area contributed by atoms with Gasteiger partial charge in [-0.15, -0.1) is 0 Å². The van der Waals surface area contributed by atoms with Gasteiger partial charge in [-0.05, 0) is 31.7 Å². The Bertz CT molecular complexity index is 208. The van der Waals surface area contributed by atoms with E-state index < -0.39 is 0 Å². The Morgan fingerprint density at radius 3 is 2.73 bits per heavy atom. The van der Waals surface area contributed by atoms with Gasteiger partial charge in [-0.1, -0.05) is 20.8 Å². The molecule has 0 aromatic rings. The molecule has 0 radical (unpaired) electrons. The fraction of sp³-hybridized carbons (Fsp3) is 0.917. The number of carbonyl (C=O) groups is 1. The van der Waals surface area contributed by atoms with E-state index in [1.54, 1.807) is 0 Å². The zero-order valence-electron chi connectivity index (χ0n) is 10.2. The van der Waals surface area contributed by atoms with Gasteiger partial charge in [0.25, 0.3) is 0 Å². The molecule has 1 aliphatic heterocycles. The molecule has 15 heavy (non-hydrogen) atoms. The van der Waals surface area contributed by atoms with Gasteiger partial charge in [0, 0.05) is 13.1 Å². The Kier molecular flexibility index (Phi) is 4.58. The smallest absolute Gasteiger partial charge is 0.227 e. The van der Waals surface area contributed by atoms with Crippen molar-refractivity contribution in [3.63, 3.8) is 0 Å². The van der Waals surface area contributed by atoms with Crippen molar-refractivity contribution in [2.24, 2.45) is 11.3 Å². The molecule has 0 aliphatic carbocycles. The molecule has 0 aromatic carbocycles. The van der Waals surface area contributed by atoms with Crippen molar-refractivity contribution in [2.75, 3.05) is 19.6 Å². The van der Waals surface area contributed by atoms with E-state index in [-0.39, 0.29) is 11.3 Å². The van der Waals surface area contributed by atoms with Crippen LogP contribution in [0.15, 0.2) is 0 Å². The normalized spacial score (nSPS) is 26.7. The Morgan fingerprint density at radius 1 is 1.53 bits per heavy atom. The van der Waals surface area contributed by atoms with E-state index in [0.29, 0.717) is 5.92 Å². The number of amides is 1. The first-order valence-corrected chi connectivity index (χ1v) is 6.10. The van der Waals surface area contributed by atoms with Crippen LogP contribution in [0.3, 0.4) is 0 Å². The van der Waals surface area contributed by atoms with E-state index in [1.165, 1.54) is 0 Å². The van der Waals surface area contributed by atoms with Crippen molar-refractivity contribution in [2.45, 2.75) is 40.0 Å². The highest BCUT2D eigenvalue weighted by Crippen LogP contribution is 2.30. The van der Waals surface area contributed by atoms with Crippen LogP contribution in [0, 0.1) is 11.3 Å². The largest absolute Gasteiger partial charge is 0.355 e. The molecule has 0 spiro atoms. The lowest BCUT2D eigenvalue weighted by Crippen LogP contribution is -2.50. The average molecular weight is 212 g/mol. The molecule has 1 aliphatic rings. The van der Waals surface area contributed by atoms with Crippen molar-refractivity contribution in [1.29, 1.82) is 0 Å². The molecule has 1 unspecified atom stereocenters. The predicted octanol–water partition coefficient (Wildman–Crippen LogP) is 1.54. The molecular weight excluding hydrogens is 188 g/mol. The van der Waals surface area contributed by atoms with Crippen LogP contribution in [0.2, 0.25) is 0 Å². The minimum Gasteiger partial charge on any atom is -0.355 e. The minimum absolute atomic E-state index is 0.146. The summed E-state index contributed by atoms with van der Waals surface area (Å²) in [6, 6.07) is 0. The fourth-order valence-corrected chi connectivity index (χ4v) is 2.11. The van der Waals surface area contributed by atoms with Crippen LogP contribution in [0.1, 0.15) is 40.0 Å². The lowest BCUT2D eigenvalue weighted by atomic mass is 9.77. The minimum atomic E-state index is -0.146. The molecule has 0 saturated carbocycles. The SMILES string of the molecule is CCC1(C(=O)NCC(C)C)CCCNC1. The molecule has 3 heteroatoms. The summed E-state index contributed by atoms with van der Waals surface area (Å²) >= 11 is 0. The molecule has 1 saturated heterocycles. The number of rotatable bonds is 4. The summed E-state index contributed by atoms with van der Waals surface area (Å²) in [5, 5.41) is 6.40. The van der Waals surface area contributed by atoms with Crippen molar-refractivity contribution in [3.8, 4) is 0 Å². The Labute approximate surface area is 93.0 Å². The second-order valence-electron chi connectivity index (χ2n) is 5.02. The highest BCUT2D eigenvalue weighted by atomic mass is 16.2. The fourth-order valence-electron chi connectivity index (χ4n) is 2.11. The lowest BCUT2D eigenvalue weighted by molar-refractivity contribution is -0.132. The number of hydrogen-bond donors (Lipinski definition) is 2. The zero-order chi connectivity index (χ0) is 11.3. The predicted molar refractivity (Wildman–Crippen MR) is 62.7 cm³/mol. The first-order chi connectivity index (χ1) is 7.10. The topological polar surface area (TPSA) is 41.1 Å². The van der Waals surface area contributed by atoms with E-state index >= 15 is 0 Å². The van der Waals surface area contributed by atoms with Crippen molar-refractivity contribution < 1.29 is 4.79 Å². The van der Waals surface area contributed by atoms with Gasteiger partial charge in [-0.2, -0.15) is 0 Å². The number of carbonyl (C=O) groups excluding carboxylic acids is 1. The van der Waals surface area contributed by atoms with Crippen LogP contribution < -0.4 is 10.6 Å². The summed E-state index contributed by atoms with van der Waals surface area (Å²) in [5.74, 6) is 0.769. The third-order valence-corrected chi connectivity index (χ3v) is 3.30. The van der Waals surface area contributed by atoms with Gasteiger partial charge in [0.05, 0.1) is 5.41 Å². The quantitative estimate of drug-likeness (QED) is 0.742. The lowest BCUT2D eigenvalue weighted by Gasteiger charge is -2.35. The van der Waals surface area contributed by atoms with Crippen LogP contribution in [-0.4, -0.2) is 25.5 Å². The van der Waals surface area contributed by atoms with Crippen LogP contribution in [-0.2, 0) is 4.79 Å². The maximum absolute atomic E-state index is 12.1. The highest BCUT2D eigenvalue weighted by molar-refractivity contribution is 5.83. The van der Waals surface area contributed by atoms with Crippen LogP contribution in [0.4, 0.5) is 0 Å². The molecule has 0 aromatic heterocycles. The Morgan fingerprint density at radius 2 is 2.27 bits per heavy atom. The molecule has 88 valence electrons. The molecular formula is C12H24N2O. The van der Waals surface area contributed by atoms with Gasteiger partial charge in [0.2, 0.25) is 5.91 Å². The van der Waals surface area contributed by atoms with E-state index in [9.17, 15) is 4.79 Å². The summed E-state index contributed by atoms with van der Waals surface area (Å²) in [7, 11) is 0. The number of nitrogens with one attached hydrogen (secondary N) is 2. The molecule has 1 amide bonds. The second-order valence-corrected chi connectivity index (χ2v) is 5.02. The van der Waals surface area contributed by atoms with E-state index in [1.807, 2.05) is 0 Å². The third kappa shape index (κ3) is 3.20. The number of hydrogen-bond acceptors (Lipinski definition) is 2. The molecule has 0 bridgehead atoms. The molecule has 1 atom stereocenters. The summed E-state index contributed by atoms with van der Waals surface area (Å²) in [5.41, 5.74) is -0.146. The molecule has 1 heterocycles. The number of piperidine rings is 1. The first kappa shape index (κ1) is 12.5. The van der Waals surface area contributed by atoms with Crippen LogP contribution >= 0.6 is 0 Å². The summed E-state index contributed by atoms with van der Waals surface area (Å²) < 4.78 is 0. The maximum Gasteiger partial charge on any atom is 0.227 e. The first-order valence-electron chi connectivity index (χ1n) is 6.10. The average Bonchev–Trinajstić information content (AvgIpc) is 2.26. The maximum atomic E-state index is 12.1. The molecule has 1 fully saturated rings. The van der Waals surface area contributed by atoms with E-state index in [4.69, 9.17) is 0 Å². The van der Waals surface area contributed by atoms with Crippen molar-refractivity contribution in [1.82, 2.24) is 10.6 Å². The van der Waals surface area contributed by atoms with Gasteiger partial charge >= 0.3 is 0 Å². The molecule has 1 rings (SSSR count). The van der Waals surface area contributed by atoms with Crippen molar-refractivity contribution in [3.05, 3.63) is 0 Å². The molecule has 2 N–H and O–H groups in total. The standard InChI is InChI=1S/C12H24N2O/c1-4-12(6-5-7-13-9-12)11(15)14-8-10(2)3/h10,13H,4-9H2,1-3H3,(H,14,15). The third-order valence-electron chi connectivity index (χ3n) is 3.30. The summed E-state index contributed by atoms with van der Waals surface area (Å²) in [6.45, 7) is 9.05. The van der Waals surface area contributed by atoms with Gasteiger partial charge in [-0.25, -0.2) is 0 Å². The van der Waals surface area contributed by atoms with E-state index in [2.05, 4.69) is 31.4 Å². The zero-order valence-corrected chi connectivity index (χ0v) is 10.2. The van der Waals surface area contributed by atoms with Crippen LogP contribution in [0.5, 0.6) is 0 Å². The van der Waals surface area contributed by atoms with Gasteiger partial charge in [0.15, 0.2) is 0 Å². The summed E-state index contributed by atoms with van der Waals surface area (Å²) in [4.78, 5) is 12.1. The van der Waals surface area contributed by atoms with E-state index in [0.717, 1.165) is 38.9 Å². The van der Waals surface area contributed by atoms with Gasteiger partial charge in [0.1, 0.15) is 0 Å².